The number of ether oxygens (including phenoxy) is 2. The summed E-state index contributed by atoms with van der Waals surface area (Å²) in [5.41, 5.74) is -0.119. The van der Waals surface area contributed by atoms with Crippen LogP contribution in [0.5, 0.6) is 5.75 Å². The van der Waals surface area contributed by atoms with E-state index in [1.54, 1.807) is 12.2 Å². The van der Waals surface area contributed by atoms with Crippen molar-refractivity contribution in [1.29, 1.82) is 0 Å². The minimum absolute atomic E-state index is 0.0341. The molecule has 0 saturated carbocycles. The van der Waals surface area contributed by atoms with Crippen molar-refractivity contribution >= 4 is 23.6 Å². The first kappa shape index (κ1) is 17.2. The van der Waals surface area contributed by atoms with Crippen molar-refractivity contribution in [2.75, 3.05) is 13.1 Å². The summed E-state index contributed by atoms with van der Waals surface area (Å²) in [5.74, 6) is -1.38. The number of non-ortho nitro benzene ring substituents is 1. The Morgan fingerprint density at radius 2 is 1.74 bits per heavy atom. The highest BCUT2D eigenvalue weighted by atomic mass is 16.6. The maximum atomic E-state index is 12.4. The SMILES string of the molecule is O=C(NCCN1C(=O)C2C3C=CC(O3)C2C1=O)Oc1ccc([N+](=O)[O-])cc1. The number of benzene rings is 1. The van der Waals surface area contributed by atoms with Gasteiger partial charge in [0.15, 0.2) is 0 Å². The number of hydrogen-bond acceptors (Lipinski definition) is 7. The molecule has 1 N–H and O–H groups in total. The van der Waals surface area contributed by atoms with Gasteiger partial charge in [-0.2, -0.15) is 0 Å². The molecule has 2 saturated heterocycles. The van der Waals surface area contributed by atoms with E-state index in [-0.39, 0.29) is 48.5 Å². The van der Waals surface area contributed by atoms with E-state index in [0.29, 0.717) is 0 Å². The van der Waals surface area contributed by atoms with Crippen LogP contribution in [0.3, 0.4) is 0 Å². The second kappa shape index (κ2) is 6.47. The van der Waals surface area contributed by atoms with E-state index in [2.05, 4.69) is 5.32 Å². The second-order valence-electron chi connectivity index (χ2n) is 6.40. The fourth-order valence-electron chi connectivity index (χ4n) is 3.63. The summed E-state index contributed by atoms with van der Waals surface area (Å²) in [6.07, 6.45) is 2.14. The summed E-state index contributed by atoms with van der Waals surface area (Å²) in [6, 6.07) is 5.03. The van der Waals surface area contributed by atoms with Gasteiger partial charge in [0.2, 0.25) is 11.8 Å². The summed E-state index contributed by atoms with van der Waals surface area (Å²) >= 11 is 0. The lowest BCUT2D eigenvalue weighted by molar-refractivity contribution is -0.384. The van der Waals surface area contributed by atoms with Gasteiger partial charge < -0.3 is 14.8 Å². The third kappa shape index (κ3) is 2.93. The van der Waals surface area contributed by atoms with E-state index in [1.165, 1.54) is 24.3 Å². The maximum Gasteiger partial charge on any atom is 0.412 e. The van der Waals surface area contributed by atoms with Crippen LogP contribution >= 0.6 is 0 Å². The van der Waals surface area contributed by atoms with Gasteiger partial charge in [-0.25, -0.2) is 4.79 Å². The van der Waals surface area contributed by atoms with Crippen LogP contribution in [0, 0.1) is 22.0 Å². The number of carbonyl (C=O) groups excluding carboxylic acids is 3. The molecule has 1 aromatic rings. The van der Waals surface area contributed by atoms with Gasteiger partial charge >= 0.3 is 6.09 Å². The fraction of sp³-hybridized carbons (Fsp3) is 0.353. The summed E-state index contributed by atoms with van der Waals surface area (Å²) in [5, 5.41) is 13.0. The standard InChI is InChI=1S/C17H15N3O7/c21-15-13-11-5-6-12(27-11)14(13)16(22)19(15)8-7-18-17(23)26-10-3-1-9(2-4-10)20(24)25/h1-6,11-14H,7-8H2,(H,18,23). The number of fused-ring (bicyclic) bond motifs is 5. The zero-order valence-corrected chi connectivity index (χ0v) is 13.9. The highest BCUT2D eigenvalue weighted by Gasteiger charge is 2.60. The normalized spacial score (nSPS) is 27.8. The van der Waals surface area contributed by atoms with E-state index in [0.717, 1.165) is 4.90 Å². The van der Waals surface area contributed by atoms with Crippen molar-refractivity contribution in [2.24, 2.45) is 11.8 Å². The van der Waals surface area contributed by atoms with E-state index in [4.69, 9.17) is 9.47 Å². The Morgan fingerprint density at radius 3 is 2.30 bits per heavy atom. The third-order valence-corrected chi connectivity index (χ3v) is 4.86. The van der Waals surface area contributed by atoms with Gasteiger partial charge in [-0.05, 0) is 12.1 Å². The molecule has 4 rings (SSSR count). The molecule has 10 heteroatoms. The van der Waals surface area contributed by atoms with Crippen molar-refractivity contribution in [1.82, 2.24) is 10.2 Å². The molecular formula is C17H15N3O7. The van der Waals surface area contributed by atoms with Crippen LogP contribution in [-0.2, 0) is 14.3 Å². The minimum Gasteiger partial charge on any atom is -0.410 e. The number of carbonyl (C=O) groups is 3. The van der Waals surface area contributed by atoms with Crippen LogP contribution in [0.25, 0.3) is 0 Å². The van der Waals surface area contributed by atoms with Crippen LogP contribution in [0.2, 0.25) is 0 Å². The minimum atomic E-state index is -0.784. The molecule has 27 heavy (non-hydrogen) atoms. The van der Waals surface area contributed by atoms with E-state index in [9.17, 15) is 24.5 Å². The molecule has 4 unspecified atom stereocenters. The van der Waals surface area contributed by atoms with Gasteiger partial charge in [-0.3, -0.25) is 24.6 Å². The third-order valence-electron chi connectivity index (χ3n) is 4.86. The van der Waals surface area contributed by atoms with Gasteiger partial charge in [0, 0.05) is 25.2 Å². The number of nitrogens with one attached hydrogen (secondary N) is 1. The van der Waals surface area contributed by atoms with Crippen molar-refractivity contribution in [2.45, 2.75) is 12.2 Å². The highest BCUT2D eigenvalue weighted by Crippen LogP contribution is 2.44. The number of nitro benzene ring substituents is 1. The van der Waals surface area contributed by atoms with Gasteiger partial charge in [0.25, 0.3) is 5.69 Å². The molecule has 0 radical (unpaired) electrons. The van der Waals surface area contributed by atoms with Crippen LogP contribution in [0.1, 0.15) is 0 Å². The van der Waals surface area contributed by atoms with Crippen molar-refractivity contribution in [3.05, 3.63) is 46.5 Å². The molecule has 2 fully saturated rings. The van der Waals surface area contributed by atoms with E-state index in [1.807, 2.05) is 0 Å². The first-order valence-corrected chi connectivity index (χ1v) is 8.35. The van der Waals surface area contributed by atoms with Crippen LogP contribution < -0.4 is 10.1 Å². The molecule has 3 amide bonds. The number of nitrogens with zero attached hydrogens (tertiary/aromatic N) is 2. The van der Waals surface area contributed by atoms with Gasteiger partial charge in [-0.1, -0.05) is 12.2 Å². The zero-order valence-electron chi connectivity index (χ0n) is 13.9. The molecule has 10 nitrogen and oxygen atoms in total. The summed E-state index contributed by atoms with van der Waals surface area (Å²) in [6.45, 7) is 0.0752. The lowest BCUT2D eigenvalue weighted by atomic mass is 9.85. The lowest BCUT2D eigenvalue weighted by Gasteiger charge is -2.17. The molecule has 4 atom stereocenters. The Balaban J connectivity index is 1.27. The summed E-state index contributed by atoms with van der Waals surface area (Å²) in [7, 11) is 0. The number of imide groups is 1. The monoisotopic (exact) mass is 373 g/mol. The zero-order chi connectivity index (χ0) is 19.1. The quantitative estimate of drug-likeness (QED) is 0.347. The molecule has 0 aromatic heterocycles. The molecule has 3 aliphatic rings. The second-order valence-corrected chi connectivity index (χ2v) is 6.40. The molecular weight excluding hydrogens is 358 g/mol. The van der Waals surface area contributed by atoms with E-state index < -0.39 is 22.9 Å². The lowest BCUT2D eigenvalue weighted by Crippen LogP contribution is -2.41. The molecule has 140 valence electrons. The Bertz CT molecular complexity index is 821. The van der Waals surface area contributed by atoms with E-state index >= 15 is 0 Å². The molecule has 3 aliphatic heterocycles. The van der Waals surface area contributed by atoms with Crippen LogP contribution in [0.4, 0.5) is 10.5 Å². The number of nitro groups is 1. The first-order chi connectivity index (χ1) is 13.0. The van der Waals surface area contributed by atoms with Gasteiger partial charge in [0.05, 0.1) is 29.0 Å². The Kier molecular flexibility index (Phi) is 4.11. The molecule has 2 bridgehead atoms. The molecule has 0 aliphatic carbocycles. The predicted octanol–water partition coefficient (Wildman–Crippen LogP) is 0.622. The number of hydrogen-bond donors (Lipinski definition) is 1. The Morgan fingerprint density at radius 1 is 1.15 bits per heavy atom. The number of rotatable bonds is 5. The number of likely N-dealkylation sites (tertiary alicyclic amines) is 1. The number of amides is 3. The van der Waals surface area contributed by atoms with Gasteiger partial charge in [-0.15, -0.1) is 0 Å². The van der Waals surface area contributed by atoms with Crippen LogP contribution in [-0.4, -0.2) is 53.0 Å². The van der Waals surface area contributed by atoms with Gasteiger partial charge in [0.1, 0.15) is 5.75 Å². The van der Waals surface area contributed by atoms with Crippen LogP contribution in [0.15, 0.2) is 36.4 Å². The highest BCUT2D eigenvalue weighted by molar-refractivity contribution is 6.06. The molecule has 1 aromatic carbocycles. The molecule has 3 heterocycles. The Labute approximate surface area is 152 Å². The fourth-order valence-corrected chi connectivity index (χ4v) is 3.63. The average molecular weight is 373 g/mol. The maximum absolute atomic E-state index is 12.4. The average Bonchev–Trinajstić information content (AvgIpc) is 3.31. The first-order valence-electron chi connectivity index (χ1n) is 8.35. The summed E-state index contributed by atoms with van der Waals surface area (Å²) < 4.78 is 10.5. The van der Waals surface area contributed by atoms with Crippen molar-refractivity contribution in [3.8, 4) is 5.75 Å². The smallest absolute Gasteiger partial charge is 0.410 e. The van der Waals surface area contributed by atoms with Crippen molar-refractivity contribution in [3.63, 3.8) is 0 Å². The largest absolute Gasteiger partial charge is 0.412 e. The Hall–Kier alpha value is -3.27. The molecule has 0 spiro atoms. The predicted molar refractivity (Wildman–Crippen MR) is 88.6 cm³/mol. The topological polar surface area (TPSA) is 128 Å². The van der Waals surface area contributed by atoms with Crippen molar-refractivity contribution < 1.29 is 28.8 Å². The summed E-state index contributed by atoms with van der Waals surface area (Å²) in [4.78, 5) is 47.8.